The number of aryl methyl sites for hydroxylation is 1. The maximum absolute atomic E-state index is 12.3. The van der Waals surface area contributed by atoms with Gasteiger partial charge in [-0.2, -0.15) is 0 Å². The number of terminal acetylenes is 1. The first-order valence-electron chi connectivity index (χ1n) is 6.20. The molecule has 0 aliphatic carbocycles. The predicted octanol–water partition coefficient (Wildman–Crippen LogP) is 2.79. The maximum atomic E-state index is 12.3. The summed E-state index contributed by atoms with van der Waals surface area (Å²) in [6.07, 6.45) is 5.41. The van der Waals surface area contributed by atoms with Crippen molar-refractivity contribution in [3.05, 3.63) is 53.6 Å². The van der Waals surface area contributed by atoms with E-state index in [1.165, 1.54) is 7.11 Å². The molecule has 0 atom stereocenters. The third-order valence-electron chi connectivity index (χ3n) is 2.96. The van der Waals surface area contributed by atoms with Crippen LogP contribution in [0, 0.1) is 19.3 Å². The number of nitrogens with one attached hydrogen (secondary N) is 1. The van der Waals surface area contributed by atoms with Crippen molar-refractivity contribution in [2.24, 2.45) is 0 Å². The number of rotatable bonds is 4. The first-order valence-corrected chi connectivity index (χ1v) is 7.69. The van der Waals surface area contributed by atoms with Gasteiger partial charge in [0.2, 0.25) is 0 Å². The van der Waals surface area contributed by atoms with Gasteiger partial charge in [-0.15, -0.1) is 6.42 Å². The number of anilines is 1. The van der Waals surface area contributed by atoms with Crippen LogP contribution in [0.1, 0.15) is 11.1 Å². The average Bonchev–Trinajstić information content (AvgIpc) is 2.47. The van der Waals surface area contributed by atoms with E-state index in [2.05, 4.69) is 10.6 Å². The Morgan fingerprint density at radius 2 is 1.81 bits per heavy atom. The van der Waals surface area contributed by atoms with Crippen molar-refractivity contribution in [1.82, 2.24) is 0 Å². The summed E-state index contributed by atoms with van der Waals surface area (Å²) in [6.45, 7) is 1.89. The average molecular weight is 301 g/mol. The van der Waals surface area contributed by atoms with Gasteiger partial charge < -0.3 is 4.74 Å². The maximum Gasteiger partial charge on any atom is 0.261 e. The normalized spacial score (nSPS) is 10.7. The highest BCUT2D eigenvalue weighted by molar-refractivity contribution is 7.92. The van der Waals surface area contributed by atoms with Gasteiger partial charge in [0.15, 0.2) is 0 Å². The second kappa shape index (κ2) is 5.90. The molecule has 4 nitrogen and oxygen atoms in total. The topological polar surface area (TPSA) is 55.4 Å². The predicted molar refractivity (Wildman–Crippen MR) is 82.9 cm³/mol. The summed E-state index contributed by atoms with van der Waals surface area (Å²) in [5.41, 5.74) is 1.76. The number of methoxy groups -OCH3 is 1. The molecule has 0 aromatic heterocycles. The number of ether oxygens (including phenoxy) is 1. The molecule has 0 unspecified atom stereocenters. The molecule has 0 bridgehead atoms. The van der Waals surface area contributed by atoms with Gasteiger partial charge in [-0.25, -0.2) is 8.42 Å². The molecule has 2 rings (SSSR count). The lowest BCUT2D eigenvalue weighted by molar-refractivity contribution is 0.415. The van der Waals surface area contributed by atoms with E-state index < -0.39 is 10.0 Å². The Kier molecular flexibility index (Phi) is 4.20. The summed E-state index contributed by atoms with van der Waals surface area (Å²) in [7, 11) is -2.15. The Morgan fingerprint density at radius 1 is 1.14 bits per heavy atom. The minimum atomic E-state index is -3.67. The second-order valence-electron chi connectivity index (χ2n) is 4.47. The molecule has 1 N–H and O–H groups in total. The molecule has 2 aromatic carbocycles. The van der Waals surface area contributed by atoms with E-state index in [0.29, 0.717) is 17.0 Å². The van der Waals surface area contributed by atoms with E-state index in [1.54, 1.807) is 42.5 Å². The highest BCUT2D eigenvalue weighted by atomic mass is 32.2. The van der Waals surface area contributed by atoms with Crippen molar-refractivity contribution >= 4 is 15.7 Å². The van der Waals surface area contributed by atoms with Crippen molar-refractivity contribution in [3.63, 3.8) is 0 Å². The molecule has 0 aliphatic rings. The lowest BCUT2D eigenvalue weighted by atomic mass is 10.2. The Hall–Kier alpha value is -2.45. The Balaban J connectivity index is 2.37. The van der Waals surface area contributed by atoms with Crippen LogP contribution in [-0.2, 0) is 10.0 Å². The molecule has 5 heteroatoms. The van der Waals surface area contributed by atoms with Crippen LogP contribution in [-0.4, -0.2) is 15.5 Å². The fourth-order valence-corrected chi connectivity index (χ4v) is 2.86. The molecule has 0 fully saturated rings. The first-order chi connectivity index (χ1) is 9.96. The summed E-state index contributed by atoms with van der Waals surface area (Å²) in [5, 5.41) is 0. The van der Waals surface area contributed by atoms with E-state index in [4.69, 9.17) is 11.2 Å². The zero-order chi connectivity index (χ0) is 15.5. The zero-order valence-electron chi connectivity index (χ0n) is 11.8. The molecule has 0 aliphatic heterocycles. The van der Waals surface area contributed by atoms with Crippen LogP contribution in [0.4, 0.5) is 5.69 Å². The summed E-state index contributed by atoms with van der Waals surface area (Å²) in [6, 6.07) is 11.4. The summed E-state index contributed by atoms with van der Waals surface area (Å²) >= 11 is 0. The molecule has 0 heterocycles. The van der Waals surface area contributed by atoms with Gasteiger partial charge in [-0.1, -0.05) is 23.6 Å². The third-order valence-corrected chi connectivity index (χ3v) is 4.34. The number of hydrogen-bond donors (Lipinski definition) is 1. The van der Waals surface area contributed by atoms with Gasteiger partial charge >= 0.3 is 0 Å². The monoisotopic (exact) mass is 301 g/mol. The molecule has 0 amide bonds. The van der Waals surface area contributed by atoms with Crippen molar-refractivity contribution in [3.8, 4) is 18.1 Å². The van der Waals surface area contributed by atoms with E-state index in [0.717, 1.165) is 5.56 Å². The van der Waals surface area contributed by atoms with Crippen LogP contribution in [0.2, 0.25) is 0 Å². The Morgan fingerprint density at radius 3 is 2.38 bits per heavy atom. The van der Waals surface area contributed by atoms with Crippen LogP contribution in [0.3, 0.4) is 0 Å². The van der Waals surface area contributed by atoms with Crippen LogP contribution < -0.4 is 9.46 Å². The molecule has 0 saturated heterocycles. The van der Waals surface area contributed by atoms with Crippen molar-refractivity contribution in [2.75, 3.05) is 11.8 Å². The van der Waals surface area contributed by atoms with Crippen molar-refractivity contribution in [2.45, 2.75) is 11.8 Å². The van der Waals surface area contributed by atoms with E-state index in [1.807, 2.05) is 6.92 Å². The van der Waals surface area contributed by atoms with Gasteiger partial charge in [0, 0.05) is 0 Å². The van der Waals surface area contributed by atoms with Crippen LogP contribution in [0.5, 0.6) is 5.75 Å². The van der Waals surface area contributed by atoms with Crippen molar-refractivity contribution in [1.29, 1.82) is 0 Å². The summed E-state index contributed by atoms with van der Waals surface area (Å²) < 4.78 is 32.2. The Bertz CT molecular complexity index is 787. The van der Waals surface area contributed by atoms with E-state index in [9.17, 15) is 8.42 Å². The molecular weight excluding hydrogens is 286 g/mol. The first kappa shape index (κ1) is 14.9. The van der Waals surface area contributed by atoms with E-state index >= 15 is 0 Å². The molecule has 0 spiro atoms. The number of hydrogen-bond acceptors (Lipinski definition) is 3. The highest BCUT2D eigenvalue weighted by Crippen LogP contribution is 2.24. The van der Waals surface area contributed by atoms with Gasteiger partial charge in [-0.3, -0.25) is 4.72 Å². The fraction of sp³-hybridized carbons (Fsp3) is 0.125. The molecule has 2 aromatic rings. The number of benzene rings is 2. The van der Waals surface area contributed by atoms with Gasteiger partial charge in [0.05, 0.1) is 23.3 Å². The fourth-order valence-electron chi connectivity index (χ4n) is 1.78. The van der Waals surface area contributed by atoms with Crippen molar-refractivity contribution < 1.29 is 13.2 Å². The van der Waals surface area contributed by atoms with Gasteiger partial charge in [0.25, 0.3) is 10.0 Å². The largest absolute Gasteiger partial charge is 0.497 e. The highest BCUT2D eigenvalue weighted by Gasteiger charge is 2.15. The van der Waals surface area contributed by atoms with Gasteiger partial charge in [0.1, 0.15) is 5.75 Å². The summed E-state index contributed by atoms with van der Waals surface area (Å²) in [4.78, 5) is 0.187. The minimum Gasteiger partial charge on any atom is -0.497 e. The Labute approximate surface area is 124 Å². The second-order valence-corrected chi connectivity index (χ2v) is 6.16. The molecule has 108 valence electrons. The number of sulfonamides is 1. The smallest absolute Gasteiger partial charge is 0.261 e. The third kappa shape index (κ3) is 3.36. The van der Waals surface area contributed by atoms with Crippen LogP contribution >= 0.6 is 0 Å². The quantitative estimate of drug-likeness (QED) is 0.884. The van der Waals surface area contributed by atoms with E-state index in [-0.39, 0.29) is 4.90 Å². The lowest BCUT2D eigenvalue weighted by Crippen LogP contribution is -2.13. The lowest BCUT2D eigenvalue weighted by Gasteiger charge is -2.11. The molecule has 0 radical (unpaired) electrons. The SMILES string of the molecule is C#Cc1cc(OC)ccc1NS(=O)(=O)c1ccc(C)cc1. The van der Waals surface area contributed by atoms with Crippen LogP contribution in [0.15, 0.2) is 47.4 Å². The summed E-state index contributed by atoms with van der Waals surface area (Å²) in [5.74, 6) is 3.02. The zero-order valence-corrected chi connectivity index (χ0v) is 12.6. The standard InChI is InChI=1S/C16H15NO3S/c1-4-13-11-14(20-3)7-10-16(13)17-21(18,19)15-8-5-12(2)6-9-15/h1,5-11,17H,2-3H3. The molecular formula is C16H15NO3S. The van der Waals surface area contributed by atoms with Crippen LogP contribution in [0.25, 0.3) is 0 Å². The molecule has 0 saturated carbocycles. The molecule has 21 heavy (non-hydrogen) atoms. The van der Waals surface area contributed by atoms with Gasteiger partial charge in [-0.05, 0) is 37.3 Å². The minimum absolute atomic E-state index is 0.187.